The van der Waals surface area contributed by atoms with Crippen molar-refractivity contribution in [1.29, 1.82) is 0 Å². The zero-order valence-corrected chi connectivity index (χ0v) is 17.4. The van der Waals surface area contributed by atoms with Gasteiger partial charge in [-0.2, -0.15) is 13.2 Å². The molecule has 1 aromatic heterocycles. The van der Waals surface area contributed by atoms with Gasteiger partial charge in [0.1, 0.15) is 11.5 Å². The molecule has 4 rings (SSSR count). The van der Waals surface area contributed by atoms with Crippen molar-refractivity contribution in [3.8, 4) is 11.3 Å². The fourth-order valence-electron chi connectivity index (χ4n) is 2.68. The molecule has 1 amide bonds. The minimum atomic E-state index is -4.46. The number of aliphatic imine (C=N–C) groups is 1. The van der Waals surface area contributed by atoms with Crippen LogP contribution in [0.3, 0.4) is 0 Å². The number of halogens is 4. The van der Waals surface area contributed by atoms with Crippen LogP contribution in [0.15, 0.2) is 79.5 Å². The summed E-state index contributed by atoms with van der Waals surface area (Å²) in [4.78, 5) is 16.7. The van der Waals surface area contributed by atoms with Crippen molar-refractivity contribution in [2.24, 2.45) is 4.99 Å². The lowest BCUT2D eigenvalue weighted by molar-refractivity contribution is -0.137. The van der Waals surface area contributed by atoms with Crippen molar-refractivity contribution in [2.45, 2.75) is 6.18 Å². The number of carbonyl (C=O) groups excluding carboxylic acids is 1. The van der Waals surface area contributed by atoms with E-state index in [-0.39, 0.29) is 10.9 Å². The Hall–Kier alpha value is -2.78. The Morgan fingerprint density at radius 1 is 1.07 bits per heavy atom. The zero-order chi connectivity index (χ0) is 21.3. The Kier molecular flexibility index (Phi) is 5.57. The highest BCUT2D eigenvalue weighted by atomic mass is 79.9. The van der Waals surface area contributed by atoms with Crippen LogP contribution in [0.5, 0.6) is 0 Å². The summed E-state index contributed by atoms with van der Waals surface area (Å²) in [5.41, 5.74) is 0.188. The smallest absolute Gasteiger partial charge is 0.416 e. The molecule has 0 aliphatic carbocycles. The highest BCUT2D eigenvalue weighted by molar-refractivity contribution is 9.10. The number of nitrogens with one attached hydrogen (secondary N) is 1. The molecule has 1 N–H and O–H groups in total. The highest BCUT2D eigenvalue weighted by Crippen LogP contribution is 2.33. The van der Waals surface area contributed by atoms with Gasteiger partial charge in [-0.3, -0.25) is 4.79 Å². The van der Waals surface area contributed by atoms with E-state index in [2.05, 4.69) is 26.2 Å². The maximum Gasteiger partial charge on any atom is 0.416 e. The van der Waals surface area contributed by atoms with E-state index in [1.165, 1.54) is 12.1 Å². The molecule has 0 unspecified atom stereocenters. The fourth-order valence-corrected chi connectivity index (χ4v) is 3.76. The molecule has 9 heteroatoms. The lowest BCUT2D eigenvalue weighted by Gasteiger charge is -2.06. The van der Waals surface area contributed by atoms with Gasteiger partial charge in [0, 0.05) is 16.1 Å². The van der Waals surface area contributed by atoms with E-state index < -0.39 is 17.6 Å². The first-order valence-corrected chi connectivity index (χ1v) is 10.2. The maximum absolute atomic E-state index is 12.8. The fraction of sp³-hybridized carbons (Fsp3) is 0.0476. The summed E-state index contributed by atoms with van der Waals surface area (Å²) in [6.45, 7) is 0. The predicted octanol–water partition coefficient (Wildman–Crippen LogP) is 6.62. The van der Waals surface area contributed by atoms with E-state index in [0.29, 0.717) is 16.4 Å². The molecule has 1 fully saturated rings. The van der Waals surface area contributed by atoms with Crippen molar-refractivity contribution >= 4 is 50.5 Å². The Morgan fingerprint density at radius 3 is 2.57 bits per heavy atom. The second-order valence-corrected chi connectivity index (χ2v) is 8.19. The molecule has 1 saturated heterocycles. The molecule has 0 radical (unpaired) electrons. The number of rotatable bonds is 3. The Morgan fingerprint density at radius 2 is 1.83 bits per heavy atom. The van der Waals surface area contributed by atoms with Crippen LogP contribution < -0.4 is 5.32 Å². The summed E-state index contributed by atoms with van der Waals surface area (Å²) in [7, 11) is 0. The van der Waals surface area contributed by atoms with Gasteiger partial charge in [0.2, 0.25) is 0 Å². The summed E-state index contributed by atoms with van der Waals surface area (Å²) < 4.78 is 45.3. The molecule has 0 atom stereocenters. The van der Waals surface area contributed by atoms with E-state index in [1.54, 1.807) is 18.2 Å². The van der Waals surface area contributed by atoms with Gasteiger partial charge in [-0.1, -0.05) is 34.1 Å². The number of carbonyl (C=O) groups is 1. The molecule has 1 aliphatic heterocycles. The van der Waals surface area contributed by atoms with Crippen LogP contribution >= 0.6 is 27.7 Å². The number of thioether (sulfide) groups is 1. The highest BCUT2D eigenvalue weighted by Gasteiger charge is 2.30. The molecular formula is C21H12BrF3N2O2S. The van der Waals surface area contributed by atoms with Gasteiger partial charge in [0.05, 0.1) is 16.2 Å². The zero-order valence-electron chi connectivity index (χ0n) is 15.0. The third kappa shape index (κ3) is 4.68. The van der Waals surface area contributed by atoms with Gasteiger partial charge in [-0.05, 0) is 54.2 Å². The molecule has 3 aromatic rings. The lowest BCUT2D eigenvalue weighted by atomic mass is 10.2. The molecule has 0 spiro atoms. The second-order valence-electron chi connectivity index (χ2n) is 6.24. The van der Waals surface area contributed by atoms with Gasteiger partial charge in [0.25, 0.3) is 5.91 Å². The first kappa shape index (κ1) is 20.5. The molecule has 2 heterocycles. The molecule has 152 valence electrons. The van der Waals surface area contributed by atoms with Crippen LogP contribution in [-0.4, -0.2) is 11.1 Å². The summed E-state index contributed by atoms with van der Waals surface area (Å²) in [6.07, 6.45) is -2.89. The van der Waals surface area contributed by atoms with E-state index in [0.717, 1.165) is 33.9 Å². The van der Waals surface area contributed by atoms with Crippen molar-refractivity contribution in [1.82, 2.24) is 5.32 Å². The Balaban J connectivity index is 1.53. The third-order valence-corrected chi connectivity index (χ3v) is 5.52. The maximum atomic E-state index is 12.8. The van der Waals surface area contributed by atoms with Crippen LogP contribution in [0.1, 0.15) is 11.3 Å². The molecule has 1 aliphatic rings. The van der Waals surface area contributed by atoms with Gasteiger partial charge in [-0.25, -0.2) is 4.99 Å². The van der Waals surface area contributed by atoms with Crippen LogP contribution in [0.2, 0.25) is 0 Å². The summed E-state index contributed by atoms with van der Waals surface area (Å²) in [6, 6.07) is 15.7. The number of amides is 1. The first-order valence-electron chi connectivity index (χ1n) is 8.60. The van der Waals surface area contributed by atoms with Crippen LogP contribution in [0.25, 0.3) is 17.4 Å². The van der Waals surface area contributed by atoms with Crippen LogP contribution in [0.4, 0.5) is 18.9 Å². The largest absolute Gasteiger partial charge is 0.457 e. The van der Waals surface area contributed by atoms with Crippen molar-refractivity contribution < 1.29 is 22.4 Å². The number of benzene rings is 2. The van der Waals surface area contributed by atoms with Crippen molar-refractivity contribution in [3.63, 3.8) is 0 Å². The van der Waals surface area contributed by atoms with E-state index in [9.17, 15) is 18.0 Å². The third-order valence-electron chi connectivity index (χ3n) is 4.08. The van der Waals surface area contributed by atoms with Crippen molar-refractivity contribution in [2.75, 3.05) is 0 Å². The van der Waals surface area contributed by atoms with Gasteiger partial charge in [0.15, 0.2) is 5.17 Å². The van der Waals surface area contributed by atoms with Gasteiger partial charge < -0.3 is 9.73 Å². The number of alkyl halides is 3. The average Bonchev–Trinajstić information content (AvgIpc) is 3.29. The molecule has 30 heavy (non-hydrogen) atoms. The van der Waals surface area contributed by atoms with Gasteiger partial charge in [-0.15, -0.1) is 0 Å². The van der Waals surface area contributed by atoms with E-state index >= 15 is 0 Å². The standard InChI is InChI=1S/C21H12BrF3N2O2S/c22-14-6-4-12(5-7-14)17-9-8-16(29-17)11-18-19(28)27-20(30-18)26-15-3-1-2-13(10-15)21(23,24)25/h1-11H,(H,26,27,28)/b18-11+. The minimum Gasteiger partial charge on any atom is -0.457 e. The molecule has 4 nitrogen and oxygen atoms in total. The molecule has 0 bridgehead atoms. The first-order chi connectivity index (χ1) is 14.3. The normalized spacial score (nSPS) is 17.0. The number of hydrogen-bond donors (Lipinski definition) is 1. The summed E-state index contributed by atoms with van der Waals surface area (Å²) in [5.74, 6) is 0.730. The van der Waals surface area contributed by atoms with Crippen LogP contribution in [-0.2, 0) is 11.0 Å². The summed E-state index contributed by atoms with van der Waals surface area (Å²) >= 11 is 4.41. The van der Waals surface area contributed by atoms with Gasteiger partial charge >= 0.3 is 6.18 Å². The lowest BCUT2D eigenvalue weighted by Crippen LogP contribution is -2.19. The predicted molar refractivity (Wildman–Crippen MR) is 114 cm³/mol. The number of amidine groups is 1. The monoisotopic (exact) mass is 492 g/mol. The molecular weight excluding hydrogens is 481 g/mol. The Labute approximate surface area is 182 Å². The van der Waals surface area contributed by atoms with E-state index in [1.807, 2.05) is 24.3 Å². The summed E-state index contributed by atoms with van der Waals surface area (Å²) in [5, 5.41) is 2.75. The van der Waals surface area contributed by atoms with E-state index in [4.69, 9.17) is 4.42 Å². The number of hydrogen-bond acceptors (Lipinski definition) is 4. The average molecular weight is 493 g/mol. The number of nitrogens with zero attached hydrogens (tertiary/aromatic N) is 1. The molecule has 0 saturated carbocycles. The Bertz CT molecular complexity index is 1170. The van der Waals surface area contributed by atoms with Crippen LogP contribution in [0, 0.1) is 0 Å². The quantitative estimate of drug-likeness (QED) is 0.418. The topological polar surface area (TPSA) is 54.6 Å². The number of furan rings is 1. The second kappa shape index (κ2) is 8.16. The van der Waals surface area contributed by atoms with Crippen molar-refractivity contribution in [3.05, 3.63) is 81.4 Å². The molecule has 2 aromatic carbocycles. The minimum absolute atomic E-state index is 0.101. The SMILES string of the molecule is O=C1NC(=Nc2cccc(C(F)(F)F)c2)S/C1=C/c1ccc(-c2ccc(Br)cc2)o1.